The molecule has 0 aromatic heterocycles. The minimum absolute atomic E-state index is 0. The van der Waals surface area contributed by atoms with Crippen LogP contribution >= 0.6 is 0 Å². The van der Waals surface area contributed by atoms with Gasteiger partial charge in [0.1, 0.15) is 10.1 Å². The monoisotopic (exact) mass is 362 g/mol. The van der Waals surface area contributed by atoms with Crippen molar-refractivity contribution in [3.05, 3.63) is 30.3 Å². The average Bonchev–Trinajstić information content (AvgIpc) is 1.88. The van der Waals surface area contributed by atoms with Crippen molar-refractivity contribution in [2.24, 2.45) is 0 Å². The van der Waals surface area contributed by atoms with Crippen molar-refractivity contribution >= 4 is 37.4 Å². The van der Waals surface area contributed by atoms with Crippen molar-refractivity contribution in [3.8, 4) is 0 Å². The van der Waals surface area contributed by atoms with Crippen molar-refractivity contribution in [1.29, 1.82) is 0 Å². The quantitative estimate of drug-likeness (QED) is 0.531. The Hall–Kier alpha value is 0.0521. The van der Waals surface area contributed by atoms with Crippen LogP contribution in [-0.2, 0) is 10.1 Å². The summed E-state index contributed by atoms with van der Waals surface area (Å²) < 4.78 is 30.8. The summed E-state index contributed by atoms with van der Waals surface area (Å²) in [5.74, 6) is 0. The summed E-state index contributed by atoms with van der Waals surface area (Å²) in [7, 11) is -4.25. The molecule has 56 valence electrons. The van der Waals surface area contributed by atoms with Crippen LogP contribution in [-0.4, -0.2) is 40.3 Å². The molecule has 0 aliphatic rings. The minimum atomic E-state index is -4.25. The van der Waals surface area contributed by atoms with Crippen molar-refractivity contribution in [2.45, 2.75) is 4.90 Å². The molecule has 0 unspecified atom stereocenters. The van der Waals surface area contributed by atoms with Gasteiger partial charge in [0, 0.05) is 0 Å². The second-order valence-corrected chi connectivity index (χ2v) is 3.15. The average molecular weight is 362 g/mol. The fraction of sp³-hybridized carbons (Fsp3) is 0. The van der Waals surface area contributed by atoms with Gasteiger partial charge in [0.2, 0.25) is 0 Å². The number of hydrogen-bond donors (Lipinski definition) is 0. The topological polar surface area (TPSA) is 57.2 Å². The molecule has 0 spiro atoms. The first kappa shape index (κ1) is 11.1. The van der Waals surface area contributed by atoms with Gasteiger partial charge >= 0.3 is 27.3 Å². The van der Waals surface area contributed by atoms with Gasteiger partial charge in [0.05, 0.1) is 4.90 Å². The smallest absolute Gasteiger partial charge is 0.744 e. The summed E-state index contributed by atoms with van der Waals surface area (Å²) in [6, 6.07) is 7.19. The zero-order valence-electron chi connectivity index (χ0n) is 5.60. The molecule has 1 aromatic rings. The van der Waals surface area contributed by atoms with Gasteiger partial charge in [-0.1, -0.05) is 18.2 Å². The third kappa shape index (κ3) is 3.30. The second kappa shape index (κ2) is 4.17. The van der Waals surface area contributed by atoms with E-state index < -0.39 is 10.1 Å². The molecular formula is C6H5O3STl. The number of benzene rings is 1. The maximum absolute atomic E-state index is 10.3. The first-order valence-corrected chi connectivity index (χ1v) is 4.02. The molecule has 0 radical (unpaired) electrons. The normalized spacial score (nSPS) is 10.3. The molecule has 5 heteroatoms. The van der Waals surface area contributed by atoms with E-state index in [4.69, 9.17) is 0 Å². The van der Waals surface area contributed by atoms with Gasteiger partial charge < -0.3 is 4.55 Å². The third-order valence-corrected chi connectivity index (χ3v) is 1.88. The van der Waals surface area contributed by atoms with E-state index >= 15 is 0 Å². The van der Waals surface area contributed by atoms with Crippen molar-refractivity contribution in [3.63, 3.8) is 0 Å². The molecular weight excluding hydrogens is 357 g/mol. The van der Waals surface area contributed by atoms with Crippen molar-refractivity contribution < 1.29 is 13.0 Å². The molecule has 0 atom stereocenters. The van der Waals surface area contributed by atoms with Gasteiger partial charge in [-0.25, -0.2) is 8.42 Å². The Morgan fingerprint density at radius 3 is 1.82 bits per heavy atom. The molecule has 11 heavy (non-hydrogen) atoms. The van der Waals surface area contributed by atoms with Gasteiger partial charge in [-0.2, -0.15) is 0 Å². The van der Waals surface area contributed by atoms with E-state index in [0.29, 0.717) is 0 Å². The summed E-state index contributed by atoms with van der Waals surface area (Å²) in [5, 5.41) is 0. The molecule has 0 saturated carbocycles. The van der Waals surface area contributed by atoms with Gasteiger partial charge in [-0.05, 0) is 12.1 Å². The van der Waals surface area contributed by atoms with Crippen LogP contribution in [0.25, 0.3) is 0 Å². The molecule has 0 N–H and O–H groups in total. The fourth-order valence-corrected chi connectivity index (χ4v) is 1.08. The SMILES string of the molecule is O=S(=O)([O-])c1ccccc1.[Tl+]. The molecule has 0 saturated heterocycles. The van der Waals surface area contributed by atoms with Gasteiger partial charge in [-0.3, -0.25) is 0 Å². The predicted octanol–water partition coefficient (Wildman–Crippen LogP) is 0.210. The van der Waals surface area contributed by atoms with Crippen molar-refractivity contribution in [2.75, 3.05) is 0 Å². The zero-order chi connectivity index (χ0) is 7.61. The molecule has 0 bridgehead atoms. The number of hydrogen-bond acceptors (Lipinski definition) is 3. The Bertz CT molecular complexity index is 306. The maximum atomic E-state index is 10.3. The van der Waals surface area contributed by atoms with E-state index in [9.17, 15) is 13.0 Å². The molecule has 0 aliphatic heterocycles. The zero-order valence-corrected chi connectivity index (χ0v) is 10.9. The van der Waals surface area contributed by atoms with Gasteiger partial charge in [-0.15, -0.1) is 0 Å². The van der Waals surface area contributed by atoms with E-state index in [1.54, 1.807) is 6.07 Å². The minimum Gasteiger partial charge on any atom is -0.744 e. The Morgan fingerprint density at radius 2 is 1.55 bits per heavy atom. The summed E-state index contributed by atoms with van der Waals surface area (Å²) in [4.78, 5) is -0.185. The van der Waals surface area contributed by atoms with E-state index in [-0.39, 0.29) is 32.2 Å². The van der Waals surface area contributed by atoms with Crippen LogP contribution in [0, 0.1) is 0 Å². The van der Waals surface area contributed by atoms with E-state index in [1.807, 2.05) is 0 Å². The van der Waals surface area contributed by atoms with Crippen LogP contribution in [0.1, 0.15) is 0 Å². The van der Waals surface area contributed by atoms with E-state index in [2.05, 4.69) is 0 Å². The van der Waals surface area contributed by atoms with Crippen LogP contribution in [0.2, 0.25) is 0 Å². The molecule has 0 heterocycles. The van der Waals surface area contributed by atoms with Crippen LogP contribution < -0.4 is 0 Å². The summed E-state index contributed by atoms with van der Waals surface area (Å²) in [5.41, 5.74) is 0. The van der Waals surface area contributed by atoms with Crippen molar-refractivity contribution in [1.82, 2.24) is 0 Å². The predicted molar refractivity (Wildman–Crippen MR) is 40.2 cm³/mol. The largest absolute Gasteiger partial charge is 1.00 e. The van der Waals surface area contributed by atoms with Crippen LogP contribution in [0.4, 0.5) is 0 Å². The summed E-state index contributed by atoms with van der Waals surface area (Å²) in [6.45, 7) is 0. The summed E-state index contributed by atoms with van der Waals surface area (Å²) >= 11 is 0. The molecule has 0 amide bonds. The maximum Gasteiger partial charge on any atom is 1.00 e. The first-order chi connectivity index (χ1) is 4.61. The van der Waals surface area contributed by atoms with Crippen LogP contribution in [0.15, 0.2) is 35.2 Å². The summed E-state index contributed by atoms with van der Waals surface area (Å²) in [6.07, 6.45) is 0. The Kier molecular flexibility index (Phi) is 4.19. The molecule has 1 rings (SSSR count). The van der Waals surface area contributed by atoms with Crippen LogP contribution in [0.5, 0.6) is 0 Å². The molecule has 0 aliphatic carbocycles. The Balaban J connectivity index is 0.000001000. The Morgan fingerprint density at radius 1 is 1.09 bits per heavy atom. The standard InChI is InChI=1S/C6H6O3S.Tl/c7-10(8,9)6-4-2-1-3-5-6;/h1-5H,(H,7,8,9);/q;+1/p-1. The van der Waals surface area contributed by atoms with Gasteiger partial charge in [0.15, 0.2) is 0 Å². The fourth-order valence-electron chi connectivity index (χ4n) is 0.587. The van der Waals surface area contributed by atoms with E-state index in [1.165, 1.54) is 24.3 Å². The molecule has 0 fully saturated rings. The second-order valence-electron chi connectivity index (χ2n) is 1.77. The van der Waals surface area contributed by atoms with Crippen LogP contribution in [0.3, 0.4) is 0 Å². The van der Waals surface area contributed by atoms with Gasteiger partial charge in [0.25, 0.3) is 0 Å². The van der Waals surface area contributed by atoms with E-state index in [0.717, 1.165) is 0 Å². The molecule has 3 nitrogen and oxygen atoms in total. The third-order valence-electron chi connectivity index (χ3n) is 1.03. The molecule has 1 aromatic carbocycles. The number of rotatable bonds is 1. The first-order valence-electron chi connectivity index (χ1n) is 2.61. The Labute approximate surface area is 85.3 Å².